The number of nitrogens with one attached hydrogen (secondary N) is 1. The first-order chi connectivity index (χ1) is 10.2. The Bertz CT molecular complexity index is 587. The highest BCUT2D eigenvalue weighted by atomic mass is 16.5. The van der Waals surface area contributed by atoms with Crippen LogP contribution in [0.1, 0.15) is 23.7 Å². The van der Waals surface area contributed by atoms with Crippen molar-refractivity contribution in [2.45, 2.75) is 27.0 Å². The lowest BCUT2D eigenvalue weighted by Gasteiger charge is -2.09. The van der Waals surface area contributed by atoms with Crippen molar-refractivity contribution in [2.24, 2.45) is 0 Å². The lowest BCUT2D eigenvalue weighted by Crippen LogP contribution is -2.13. The molecular weight excluding hydrogens is 266 g/mol. The summed E-state index contributed by atoms with van der Waals surface area (Å²) < 4.78 is 10.8. The number of benzene rings is 1. The van der Waals surface area contributed by atoms with Crippen molar-refractivity contribution in [3.63, 3.8) is 0 Å². The van der Waals surface area contributed by atoms with Crippen molar-refractivity contribution in [1.82, 2.24) is 15.3 Å². The first-order valence-electron chi connectivity index (χ1n) is 7.02. The fraction of sp³-hybridized carbons (Fsp3) is 0.375. The van der Waals surface area contributed by atoms with Gasteiger partial charge in [-0.2, -0.15) is 4.98 Å². The molecule has 1 aromatic heterocycles. The van der Waals surface area contributed by atoms with E-state index in [2.05, 4.69) is 22.2 Å². The molecule has 0 bridgehead atoms. The summed E-state index contributed by atoms with van der Waals surface area (Å²) in [5.41, 5.74) is 3.06. The molecular formula is C16H21N3O2. The van der Waals surface area contributed by atoms with E-state index in [9.17, 15) is 0 Å². The Morgan fingerprint density at radius 3 is 2.86 bits per heavy atom. The minimum Gasteiger partial charge on any atom is -0.424 e. The maximum absolute atomic E-state index is 5.71. The number of ether oxygens (including phenoxy) is 2. The lowest BCUT2D eigenvalue weighted by molar-refractivity contribution is 0.184. The van der Waals surface area contributed by atoms with Crippen LogP contribution in [0.5, 0.6) is 11.8 Å². The Hall–Kier alpha value is -1.98. The van der Waals surface area contributed by atoms with Gasteiger partial charge in [0.25, 0.3) is 0 Å². The van der Waals surface area contributed by atoms with Crippen LogP contribution in [0.15, 0.2) is 30.5 Å². The summed E-state index contributed by atoms with van der Waals surface area (Å²) in [4.78, 5) is 8.65. The maximum atomic E-state index is 5.71. The average Bonchev–Trinajstić information content (AvgIpc) is 2.47. The Labute approximate surface area is 125 Å². The molecule has 1 aromatic carbocycles. The number of aryl methyl sites for hydroxylation is 1. The standard InChI is InChI=1S/C16H21N3O2/c1-4-17-9-14-10-18-16(19-12(14)2)21-15-7-5-6-13(8-15)11-20-3/h5-8,10,17H,4,9,11H2,1-3H3. The highest BCUT2D eigenvalue weighted by Crippen LogP contribution is 2.20. The van der Waals surface area contributed by atoms with Crippen LogP contribution in [0, 0.1) is 6.92 Å². The van der Waals surface area contributed by atoms with Crippen LogP contribution in [0.3, 0.4) is 0 Å². The molecule has 0 aliphatic heterocycles. The summed E-state index contributed by atoms with van der Waals surface area (Å²) in [5.74, 6) is 0.711. The van der Waals surface area contributed by atoms with E-state index in [1.807, 2.05) is 31.2 Å². The summed E-state index contributed by atoms with van der Waals surface area (Å²) >= 11 is 0. The zero-order valence-electron chi connectivity index (χ0n) is 12.7. The van der Waals surface area contributed by atoms with E-state index in [1.165, 1.54) is 0 Å². The number of rotatable bonds is 7. The van der Waals surface area contributed by atoms with Crippen LogP contribution in [-0.2, 0) is 17.9 Å². The minimum atomic E-state index is 0.363. The van der Waals surface area contributed by atoms with E-state index in [0.717, 1.165) is 29.9 Å². The molecule has 0 saturated heterocycles. The maximum Gasteiger partial charge on any atom is 0.322 e. The summed E-state index contributed by atoms with van der Waals surface area (Å²) in [5, 5.41) is 3.26. The van der Waals surface area contributed by atoms with E-state index in [1.54, 1.807) is 13.3 Å². The molecule has 5 nitrogen and oxygen atoms in total. The van der Waals surface area contributed by atoms with Crippen molar-refractivity contribution >= 4 is 0 Å². The number of nitrogens with zero attached hydrogens (tertiary/aromatic N) is 2. The molecule has 0 spiro atoms. The highest BCUT2D eigenvalue weighted by Gasteiger charge is 2.05. The largest absolute Gasteiger partial charge is 0.424 e. The molecule has 1 heterocycles. The third-order valence-corrected chi connectivity index (χ3v) is 3.04. The van der Waals surface area contributed by atoms with E-state index in [0.29, 0.717) is 18.4 Å². The van der Waals surface area contributed by atoms with Gasteiger partial charge in [0.05, 0.1) is 6.61 Å². The molecule has 21 heavy (non-hydrogen) atoms. The molecule has 0 aliphatic rings. The zero-order chi connectivity index (χ0) is 15.1. The second-order valence-electron chi connectivity index (χ2n) is 4.73. The molecule has 0 unspecified atom stereocenters. The second-order valence-corrected chi connectivity index (χ2v) is 4.73. The number of hydrogen-bond acceptors (Lipinski definition) is 5. The molecule has 2 aromatic rings. The van der Waals surface area contributed by atoms with Crippen molar-refractivity contribution in [2.75, 3.05) is 13.7 Å². The molecule has 0 fully saturated rings. The molecule has 0 amide bonds. The van der Waals surface area contributed by atoms with Crippen molar-refractivity contribution < 1.29 is 9.47 Å². The normalized spacial score (nSPS) is 10.6. The lowest BCUT2D eigenvalue weighted by atomic mass is 10.2. The Balaban J connectivity index is 2.09. The first kappa shape index (κ1) is 15.4. The smallest absolute Gasteiger partial charge is 0.322 e. The van der Waals surface area contributed by atoms with Gasteiger partial charge in [0.15, 0.2) is 0 Å². The van der Waals surface area contributed by atoms with E-state index in [-0.39, 0.29) is 0 Å². The van der Waals surface area contributed by atoms with Gasteiger partial charge >= 0.3 is 6.01 Å². The van der Waals surface area contributed by atoms with Crippen LogP contribution in [-0.4, -0.2) is 23.6 Å². The molecule has 112 valence electrons. The SMILES string of the molecule is CCNCc1cnc(Oc2cccc(COC)c2)nc1C. The Morgan fingerprint density at radius 2 is 2.14 bits per heavy atom. The summed E-state index contributed by atoms with van der Waals surface area (Å²) in [6, 6.07) is 8.08. The van der Waals surface area contributed by atoms with Gasteiger partial charge < -0.3 is 14.8 Å². The van der Waals surface area contributed by atoms with E-state index >= 15 is 0 Å². The fourth-order valence-corrected chi connectivity index (χ4v) is 1.92. The zero-order valence-corrected chi connectivity index (χ0v) is 12.7. The quantitative estimate of drug-likeness (QED) is 0.848. The monoisotopic (exact) mass is 287 g/mol. The number of aromatic nitrogens is 2. The van der Waals surface area contributed by atoms with E-state index < -0.39 is 0 Å². The van der Waals surface area contributed by atoms with Crippen molar-refractivity contribution in [3.05, 3.63) is 47.3 Å². The van der Waals surface area contributed by atoms with Gasteiger partial charge in [0, 0.05) is 31.1 Å². The molecule has 0 radical (unpaired) electrons. The number of methoxy groups -OCH3 is 1. The summed E-state index contributed by atoms with van der Waals surface area (Å²) in [7, 11) is 1.67. The summed E-state index contributed by atoms with van der Waals surface area (Å²) in [6.07, 6.45) is 1.80. The fourth-order valence-electron chi connectivity index (χ4n) is 1.92. The molecule has 1 N–H and O–H groups in total. The van der Waals surface area contributed by atoms with Gasteiger partial charge in [0.1, 0.15) is 5.75 Å². The Kier molecular flexibility index (Phi) is 5.66. The predicted molar refractivity (Wildman–Crippen MR) is 81.4 cm³/mol. The van der Waals surface area contributed by atoms with Gasteiger partial charge in [-0.05, 0) is 31.2 Å². The average molecular weight is 287 g/mol. The van der Waals surface area contributed by atoms with Crippen molar-refractivity contribution in [3.8, 4) is 11.8 Å². The molecule has 0 atom stereocenters. The number of hydrogen-bond donors (Lipinski definition) is 1. The van der Waals surface area contributed by atoms with Gasteiger partial charge in [-0.1, -0.05) is 19.1 Å². The van der Waals surface area contributed by atoms with Gasteiger partial charge in [-0.25, -0.2) is 4.98 Å². The predicted octanol–water partition coefficient (Wildman–Crippen LogP) is 2.83. The van der Waals surface area contributed by atoms with Gasteiger partial charge in [-0.3, -0.25) is 0 Å². The molecule has 2 rings (SSSR count). The third-order valence-electron chi connectivity index (χ3n) is 3.04. The van der Waals surface area contributed by atoms with E-state index in [4.69, 9.17) is 9.47 Å². The van der Waals surface area contributed by atoms with Crippen LogP contribution < -0.4 is 10.1 Å². The Morgan fingerprint density at radius 1 is 1.29 bits per heavy atom. The topological polar surface area (TPSA) is 56.3 Å². The minimum absolute atomic E-state index is 0.363. The van der Waals surface area contributed by atoms with Crippen LogP contribution in [0.25, 0.3) is 0 Å². The van der Waals surface area contributed by atoms with Crippen LogP contribution in [0.2, 0.25) is 0 Å². The van der Waals surface area contributed by atoms with Gasteiger partial charge in [-0.15, -0.1) is 0 Å². The van der Waals surface area contributed by atoms with Crippen molar-refractivity contribution in [1.29, 1.82) is 0 Å². The van der Waals surface area contributed by atoms with Crippen LogP contribution in [0.4, 0.5) is 0 Å². The first-order valence-corrected chi connectivity index (χ1v) is 7.02. The molecule has 0 aliphatic carbocycles. The third kappa shape index (κ3) is 4.51. The summed E-state index contributed by atoms with van der Waals surface area (Å²) in [6.45, 7) is 6.28. The van der Waals surface area contributed by atoms with Gasteiger partial charge in [0.2, 0.25) is 0 Å². The molecule has 5 heteroatoms. The van der Waals surface area contributed by atoms with Crippen LogP contribution >= 0.6 is 0 Å². The molecule has 0 saturated carbocycles. The second kappa shape index (κ2) is 7.71. The highest BCUT2D eigenvalue weighted by molar-refractivity contribution is 5.30.